The fourth-order valence-corrected chi connectivity index (χ4v) is 3.37. The van der Waals surface area contributed by atoms with Crippen molar-refractivity contribution in [2.75, 3.05) is 0 Å². The normalized spacial score (nSPS) is 28.0. The van der Waals surface area contributed by atoms with Gasteiger partial charge in [-0.3, -0.25) is 0 Å². The lowest BCUT2D eigenvalue weighted by Gasteiger charge is -2.25. The Bertz CT molecular complexity index is 716. The van der Waals surface area contributed by atoms with E-state index in [-0.39, 0.29) is 24.0 Å². The van der Waals surface area contributed by atoms with Crippen LogP contribution in [0, 0.1) is 0 Å². The smallest absolute Gasteiger partial charge is 0.170 e. The molecule has 4 heteroatoms. The molecule has 0 fully saturated rings. The summed E-state index contributed by atoms with van der Waals surface area (Å²) in [6.07, 6.45) is 7.86. The fourth-order valence-electron chi connectivity index (χ4n) is 3.37. The molecule has 0 amide bonds. The van der Waals surface area contributed by atoms with Gasteiger partial charge in [-0.25, -0.2) is 17.6 Å². The summed E-state index contributed by atoms with van der Waals surface area (Å²) in [6, 6.07) is 0. The average molecular weight is 336 g/mol. The highest BCUT2D eigenvalue weighted by atomic mass is 19.2. The van der Waals surface area contributed by atoms with Crippen LogP contribution in [0.15, 0.2) is 69.9 Å². The van der Waals surface area contributed by atoms with Gasteiger partial charge in [0.2, 0.25) is 0 Å². The van der Waals surface area contributed by atoms with Gasteiger partial charge in [0.15, 0.2) is 17.8 Å². The highest BCUT2D eigenvalue weighted by Gasteiger charge is 2.30. The first-order valence-corrected chi connectivity index (χ1v) is 8.33. The van der Waals surface area contributed by atoms with Crippen LogP contribution in [0.2, 0.25) is 0 Å². The lowest BCUT2D eigenvalue weighted by atomic mass is 9.82. The Kier molecular flexibility index (Phi) is 4.93. The van der Waals surface area contributed by atoms with Gasteiger partial charge in [0.05, 0.1) is 0 Å². The minimum Gasteiger partial charge on any atom is -0.242 e. The van der Waals surface area contributed by atoms with Gasteiger partial charge in [-0.1, -0.05) is 36.8 Å². The number of alkyl halides is 2. The Morgan fingerprint density at radius 1 is 0.875 bits per heavy atom. The average Bonchev–Trinajstić information content (AvgIpc) is 2.59. The molecule has 0 nitrogen and oxygen atoms in total. The van der Waals surface area contributed by atoms with Crippen molar-refractivity contribution in [3.63, 3.8) is 0 Å². The molecule has 0 N–H and O–H groups in total. The summed E-state index contributed by atoms with van der Waals surface area (Å²) in [6.45, 7) is 2.11. The zero-order chi connectivity index (χ0) is 17.3. The van der Waals surface area contributed by atoms with Crippen LogP contribution in [0.25, 0.3) is 0 Å². The molecule has 0 saturated carbocycles. The number of hydrogen-bond donors (Lipinski definition) is 0. The second-order valence-electron chi connectivity index (χ2n) is 6.39. The topological polar surface area (TPSA) is 0 Å². The third-order valence-corrected chi connectivity index (χ3v) is 4.88. The Labute approximate surface area is 139 Å². The summed E-state index contributed by atoms with van der Waals surface area (Å²) < 4.78 is 54.6. The highest BCUT2D eigenvalue weighted by Crippen LogP contribution is 2.38. The zero-order valence-corrected chi connectivity index (χ0v) is 13.6. The zero-order valence-electron chi connectivity index (χ0n) is 13.6. The maximum Gasteiger partial charge on any atom is 0.170 e. The third kappa shape index (κ3) is 3.33. The van der Waals surface area contributed by atoms with Gasteiger partial charge in [0, 0.05) is 12.8 Å². The molecule has 3 rings (SSSR count). The first-order valence-electron chi connectivity index (χ1n) is 8.33. The van der Waals surface area contributed by atoms with E-state index < -0.39 is 24.0 Å². The summed E-state index contributed by atoms with van der Waals surface area (Å²) in [5.74, 6) is -2.63. The molecule has 0 aliphatic heterocycles. The molecule has 128 valence electrons. The van der Waals surface area contributed by atoms with E-state index >= 15 is 0 Å². The van der Waals surface area contributed by atoms with Gasteiger partial charge in [-0.05, 0) is 47.6 Å². The first-order chi connectivity index (χ1) is 11.5. The molecule has 0 aromatic rings. The van der Waals surface area contributed by atoms with Gasteiger partial charge in [0.25, 0.3) is 0 Å². The second kappa shape index (κ2) is 6.96. The van der Waals surface area contributed by atoms with E-state index in [2.05, 4.69) is 13.0 Å². The molecule has 2 unspecified atom stereocenters. The Morgan fingerprint density at radius 3 is 2.17 bits per heavy atom. The van der Waals surface area contributed by atoms with E-state index in [0.29, 0.717) is 0 Å². The number of halogens is 4. The van der Waals surface area contributed by atoms with Crippen molar-refractivity contribution in [1.29, 1.82) is 0 Å². The molecular formula is C20H20F4. The monoisotopic (exact) mass is 336 g/mol. The quantitative estimate of drug-likeness (QED) is 0.519. The van der Waals surface area contributed by atoms with Crippen molar-refractivity contribution < 1.29 is 17.6 Å². The Balaban J connectivity index is 1.85. The number of allylic oxidation sites excluding steroid dienone is 12. The van der Waals surface area contributed by atoms with Crippen LogP contribution in [0.4, 0.5) is 17.6 Å². The van der Waals surface area contributed by atoms with E-state index in [0.717, 1.165) is 36.5 Å². The predicted molar refractivity (Wildman–Crippen MR) is 88.2 cm³/mol. The van der Waals surface area contributed by atoms with Crippen LogP contribution < -0.4 is 0 Å². The Hall–Kier alpha value is -1.84. The molecule has 0 aromatic heterocycles. The lowest BCUT2D eigenvalue weighted by Crippen LogP contribution is -2.18. The lowest BCUT2D eigenvalue weighted by molar-refractivity contribution is 0.302. The first kappa shape index (κ1) is 17.0. The molecule has 3 aliphatic rings. The number of rotatable bonds is 3. The van der Waals surface area contributed by atoms with E-state index in [1.807, 2.05) is 12.2 Å². The minimum atomic E-state index is -2.03. The van der Waals surface area contributed by atoms with Crippen molar-refractivity contribution in [2.45, 2.75) is 51.4 Å². The maximum absolute atomic E-state index is 14.6. The van der Waals surface area contributed by atoms with Gasteiger partial charge >= 0.3 is 0 Å². The van der Waals surface area contributed by atoms with Crippen molar-refractivity contribution in [3.8, 4) is 0 Å². The third-order valence-electron chi connectivity index (χ3n) is 4.88. The van der Waals surface area contributed by atoms with E-state index in [1.165, 1.54) is 5.57 Å². The van der Waals surface area contributed by atoms with Crippen molar-refractivity contribution in [1.82, 2.24) is 0 Å². The SMILES string of the molecule is CCC1=CC=C(C2=CC=C(C3=CC(F)=C(F)C(F)C3)C(F)C2)CC1. The molecule has 0 bridgehead atoms. The molecule has 3 aliphatic carbocycles. The van der Waals surface area contributed by atoms with E-state index in [4.69, 9.17) is 0 Å². The number of hydrogen-bond acceptors (Lipinski definition) is 0. The summed E-state index contributed by atoms with van der Waals surface area (Å²) in [5.41, 5.74) is 3.88. The summed E-state index contributed by atoms with van der Waals surface area (Å²) in [5, 5.41) is 0. The van der Waals surface area contributed by atoms with Gasteiger partial charge < -0.3 is 0 Å². The van der Waals surface area contributed by atoms with E-state index in [1.54, 1.807) is 6.08 Å². The van der Waals surface area contributed by atoms with Gasteiger partial charge in [-0.15, -0.1) is 0 Å². The van der Waals surface area contributed by atoms with Crippen molar-refractivity contribution >= 4 is 0 Å². The molecule has 0 spiro atoms. The molecule has 0 aromatic carbocycles. The second-order valence-corrected chi connectivity index (χ2v) is 6.39. The summed E-state index contributed by atoms with van der Waals surface area (Å²) in [4.78, 5) is 0. The van der Waals surface area contributed by atoms with Crippen LogP contribution in [0.1, 0.15) is 39.0 Å². The van der Waals surface area contributed by atoms with Crippen molar-refractivity contribution in [2.24, 2.45) is 0 Å². The van der Waals surface area contributed by atoms with Crippen LogP contribution in [-0.4, -0.2) is 12.3 Å². The molecular weight excluding hydrogens is 316 g/mol. The van der Waals surface area contributed by atoms with E-state index in [9.17, 15) is 17.6 Å². The fraction of sp³-hybridized carbons (Fsp3) is 0.400. The van der Waals surface area contributed by atoms with Crippen LogP contribution >= 0.6 is 0 Å². The van der Waals surface area contributed by atoms with Crippen LogP contribution in [-0.2, 0) is 0 Å². The van der Waals surface area contributed by atoms with Gasteiger partial charge in [-0.2, -0.15) is 0 Å². The molecule has 0 radical (unpaired) electrons. The minimum absolute atomic E-state index is 0.190. The van der Waals surface area contributed by atoms with Crippen LogP contribution in [0.3, 0.4) is 0 Å². The summed E-state index contributed by atoms with van der Waals surface area (Å²) in [7, 11) is 0. The molecule has 2 atom stereocenters. The maximum atomic E-state index is 14.6. The summed E-state index contributed by atoms with van der Waals surface area (Å²) >= 11 is 0. The molecule has 0 saturated heterocycles. The molecule has 0 heterocycles. The standard InChI is InChI=1S/C20H20F4/c1-2-12-3-5-13(6-4-12)14-7-8-16(17(21)9-14)15-10-18(22)20(24)19(23)11-15/h3,5,7-8,10,17,19H,2,4,6,9,11H2,1H3. The van der Waals surface area contributed by atoms with Crippen molar-refractivity contribution in [3.05, 3.63) is 69.9 Å². The Morgan fingerprint density at radius 2 is 1.58 bits per heavy atom. The van der Waals surface area contributed by atoms with Gasteiger partial charge in [0.1, 0.15) is 6.17 Å². The predicted octanol–water partition coefficient (Wildman–Crippen LogP) is 6.46. The largest absolute Gasteiger partial charge is 0.242 e. The molecule has 24 heavy (non-hydrogen) atoms. The highest BCUT2D eigenvalue weighted by molar-refractivity contribution is 5.50. The van der Waals surface area contributed by atoms with Crippen LogP contribution in [0.5, 0.6) is 0 Å².